The zero-order chi connectivity index (χ0) is 8.85. The molecule has 68 valence electrons. The van der Waals surface area contributed by atoms with Crippen LogP contribution in [0.5, 0.6) is 0 Å². The van der Waals surface area contributed by atoms with E-state index in [4.69, 9.17) is 0 Å². The molecule has 0 N–H and O–H groups in total. The first-order valence-corrected chi connectivity index (χ1v) is 4.85. The van der Waals surface area contributed by atoms with Crippen molar-refractivity contribution in [3.05, 3.63) is 0 Å². The molecule has 1 atom stereocenters. The largest absolute Gasteiger partial charge is 0.301 e. The van der Waals surface area contributed by atoms with Crippen LogP contribution in [0.15, 0.2) is 0 Å². The highest BCUT2D eigenvalue weighted by atomic mass is 15.1. The van der Waals surface area contributed by atoms with Crippen LogP contribution in [-0.4, -0.2) is 24.0 Å². The minimum absolute atomic E-state index is 0.752. The van der Waals surface area contributed by atoms with E-state index in [1.165, 1.54) is 19.5 Å². The molecule has 0 saturated carbocycles. The van der Waals surface area contributed by atoms with Gasteiger partial charge in [-0.1, -0.05) is 27.7 Å². The lowest BCUT2D eigenvalue weighted by Crippen LogP contribution is -2.35. The predicted molar refractivity (Wildman–Crippen MR) is 51.8 cm³/mol. The van der Waals surface area contributed by atoms with Crippen molar-refractivity contribution in [2.75, 3.05) is 13.1 Å². The number of hydrogen-bond donors (Lipinski definition) is 0. The Bertz CT molecular complexity index is 88.9. The first kappa shape index (κ1) is 11.0. The van der Waals surface area contributed by atoms with E-state index >= 15 is 0 Å². The fourth-order valence-electron chi connectivity index (χ4n) is 1.35. The average Bonchev–Trinajstić information content (AvgIpc) is 1.98. The lowest BCUT2D eigenvalue weighted by Gasteiger charge is -2.28. The van der Waals surface area contributed by atoms with E-state index in [1.54, 1.807) is 0 Å². The molecule has 0 saturated heterocycles. The van der Waals surface area contributed by atoms with Gasteiger partial charge in [-0.15, -0.1) is 0 Å². The van der Waals surface area contributed by atoms with E-state index in [0.29, 0.717) is 0 Å². The Labute approximate surface area is 71.8 Å². The molecule has 0 fully saturated rings. The van der Waals surface area contributed by atoms with Crippen molar-refractivity contribution in [3.8, 4) is 0 Å². The van der Waals surface area contributed by atoms with Crippen LogP contribution in [0.2, 0.25) is 0 Å². The first-order valence-electron chi connectivity index (χ1n) is 4.85. The second-order valence-corrected chi connectivity index (χ2v) is 3.74. The SMILES string of the molecule is CC[C@@H](C)N(CC)CC(C)C. The third-order valence-corrected chi connectivity index (χ3v) is 2.22. The summed E-state index contributed by atoms with van der Waals surface area (Å²) in [6, 6.07) is 0.752. The lowest BCUT2D eigenvalue weighted by atomic mass is 10.1. The van der Waals surface area contributed by atoms with Gasteiger partial charge in [0.2, 0.25) is 0 Å². The van der Waals surface area contributed by atoms with Gasteiger partial charge in [-0.05, 0) is 25.8 Å². The zero-order valence-corrected chi connectivity index (χ0v) is 8.72. The molecule has 0 unspecified atom stereocenters. The Balaban J connectivity index is 3.74. The zero-order valence-electron chi connectivity index (χ0n) is 8.72. The maximum Gasteiger partial charge on any atom is 0.00642 e. The molecule has 0 bridgehead atoms. The van der Waals surface area contributed by atoms with Crippen LogP contribution < -0.4 is 0 Å². The van der Waals surface area contributed by atoms with Gasteiger partial charge >= 0.3 is 0 Å². The standard InChI is InChI=1S/C10H23N/c1-6-10(5)11(7-2)8-9(3)4/h9-10H,6-8H2,1-5H3/t10-/m1/s1. The van der Waals surface area contributed by atoms with E-state index in [0.717, 1.165) is 12.0 Å². The summed E-state index contributed by atoms with van der Waals surface area (Å²) in [6.45, 7) is 13.8. The topological polar surface area (TPSA) is 3.24 Å². The van der Waals surface area contributed by atoms with E-state index < -0.39 is 0 Å². The van der Waals surface area contributed by atoms with Crippen LogP contribution in [0.1, 0.15) is 41.0 Å². The van der Waals surface area contributed by atoms with Crippen molar-refractivity contribution in [3.63, 3.8) is 0 Å². The van der Waals surface area contributed by atoms with Gasteiger partial charge in [0.15, 0.2) is 0 Å². The maximum atomic E-state index is 2.55. The fraction of sp³-hybridized carbons (Fsp3) is 1.00. The molecule has 0 aliphatic heterocycles. The Morgan fingerprint density at radius 3 is 1.91 bits per heavy atom. The van der Waals surface area contributed by atoms with Crippen LogP contribution in [-0.2, 0) is 0 Å². The maximum absolute atomic E-state index is 2.55. The van der Waals surface area contributed by atoms with Gasteiger partial charge < -0.3 is 4.90 Å². The Hall–Kier alpha value is -0.0400. The summed E-state index contributed by atoms with van der Waals surface area (Å²) in [4.78, 5) is 2.55. The molecular formula is C10H23N. The molecule has 0 heterocycles. The van der Waals surface area contributed by atoms with Gasteiger partial charge in [0.25, 0.3) is 0 Å². The van der Waals surface area contributed by atoms with Crippen LogP contribution in [0.4, 0.5) is 0 Å². The normalized spacial score (nSPS) is 14.5. The summed E-state index contributed by atoms with van der Waals surface area (Å²) in [7, 11) is 0. The van der Waals surface area contributed by atoms with E-state index in [9.17, 15) is 0 Å². The van der Waals surface area contributed by atoms with Gasteiger partial charge in [-0.25, -0.2) is 0 Å². The van der Waals surface area contributed by atoms with Crippen molar-refractivity contribution >= 4 is 0 Å². The second-order valence-electron chi connectivity index (χ2n) is 3.74. The second kappa shape index (κ2) is 5.59. The first-order chi connectivity index (χ1) is 5.11. The molecule has 0 aromatic rings. The predicted octanol–water partition coefficient (Wildman–Crippen LogP) is 2.76. The van der Waals surface area contributed by atoms with Gasteiger partial charge in [-0.3, -0.25) is 0 Å². The minimum Gasteiger partial charge on any atom is -0.301 e. The van der Waals surface area contributed by atoms with Crippen LogP contribution >= 0.6 is 0 Å². The molecule has 0 amide bonds. The Kier molecular flexibility index (Phi) is 5.57. The van der Waals surface area contributed by atoms with Crippen molar-refractivity contribution in [1.29, 1.82) is 0 Å². The van der Waals surface area contributed by atoms with Gasteiger partial charge in [-0.2, -0.15) is 0 Å². The number of rotatable bonds is 5. The summed E-state index contributed by atoms with van der Waals surface area (Å²) < 4.78 is 0. The summed E-state index contributed by atoms with van der Waals surface area (Å²) in [5.41, 5.74) is 0. The van der Waals surface area contributed by atoms with Crippen molar-refractivity contribution in [2.45, 2.75) is 47.1 Å². The Morgan fingerprint density at radius 2 is 1.64 bits per heavy atom. The highest BCUT2D eigenvalue weighted by molar-refractivity contribution is 4.65. The van der Waals surface area contributed by atoms with Gasteiger partial charge in [0.1, 0.15) is 0 Å². The lowest BCUT2D eigenvalue weighted by molar-refractivity contribution is 0.192. The van der Waals surface area contributed by atoms with E-state index in [1.807, 2.05) is 0 Å². The molecule has 0 aromatic heterocycles. The molecule has 0 spiro atoms. The molecule has 0 rings (SSSR count). The van der Waals surface area contributed by atoms with Crippen molar-refractivity contribution in [2.24, 2.45) is 5.92 Å². The summed E-state index contributed by atoms with van der Waals surface area (Å²) >= 11 is 0. The van der Waals surface area contributed by atoms with Gasteiger partial charge in [0.05, 0.1) is 0 Å². The monoisotopic (exact) mass is 157 g/mol. The van der Waals surface area contributed by atoms with E-state index in [2.05, 4.69) is 39.5 Å². The summed E-state index contributed by atoms with van der Waals surface area (Å²) in [5, 5.41) is 0. The third-order valence-electron chi connectivity index (χ3n) is 2.22. The molecule has 11 heavy (non-hydrogen) atoms. The minimum atomic E-state index is 0.752. The Morgan fingerprint density at radius 1 is 1.09 bits per heavy atom. The van der Waals surface area contributed by atoms with Crippen molar-refractivity contribution < 1.29 is 0 Å². The molecule has 1 nitrogen and oxygen atoms in total. The third kappa shape index (κ3) is 4.41. The molecular weight excluding hydrogens is 134 g/mol. The van der Waals surface area contributed by atoms with Crippen LogP contribution in [0.25, 0.3) is 0 Å². The molecule has 0 aliphatic rings. The molecule has 0 aliphatic carbocycles. The molecule has 0 radical (unpaired) electrons. The fourth-order valence-corrected chi connectivity index (χ4v) is 1.35. The number of nitrogens with zero attached hydrogens (tertiary/aromatic N) is 1. The number of hydrogen-bond acceptors (Lipinski definition) is 1. The summed E-state index contributed by atoms with van der Waals surface area (Å²) in [6.07, 6.45) is 1.26. The molecule has 0 aromatic carbocycles. The highest BCUT2D eigenvalue weighted by Crippen LogP contribution is 2.06. The quantitative estimate of drug-likeness (QED) is 0.593. The van der Waals surface area contributed by atoms with Gasteiger partial charge in [0, 0.05) is 12.6 Å². The van der Waals surface area contributed by atoms with E-state index in [-0.39, 0.29) is 0 Å². The highest BCUT2D eigenvalue weighted by Gasteiger charge is 2.10. The van der Waals surface area contributed by atoms with Crippen LogP contribution in [0, 0.1) is 5.92 Å². The molecule has 1 heteroatoms. The smallest absolute Gasteiger partial charge is 0.00642 e. The summed E-state index contributed by atoms with van der Waals surface area (Å²) in [5.74, 6) is 0.795. The van der Waals surface area contributed by atoms with Crippen LogP contribution in [0.3, 0.4) is 0 Å². The average molecular weight is 157 g/mol. The van der Waals surface area contributed by atoms with Crippen molar-refractivity contribution in [1.82, 2.24) is 4.90 Å².